The average molecular weight is 254 g/mol. The van der Waals surface area contributed by atoms with E-state index in [1.165, 1.54) is 16.1 Å². The molecular formula is C12H18N2O2S. The molecule has 1 aliphatic rings. The van der Waals surface area contributed by atoms with Crippen LogP contribution in [0, 0.1) is 6.92 Å². The summed E-state index contributed by atoms with van der Waals surface area (Å²) in [4.78, 5) is 0. The van der Waals surface area contributed by atoms with Crippen molar-refractivity contribution in [2.45, 2.75) is 19.4 Å². The van der Waals surface area contributed by atoms with E-state index in [1.807, 2.05) is 25.1 Å². The van der Waals surface area contributed by atoms with Crippen LogP contribution in [0.4, 0.5) is 5.69 Å². The first-order chi connectivity index (χ1) is 7.95. The zero-order chi connectivity index (χ0) is 12.5. The maximum atomic E-state index is 11.4. The molecule has 0 radical (unpaired) electrons. The minimum atomic E-state index is -3.04. The summed E-state index contributed by atoms with van der Waals surface area (Å²) in [6, 6.07) is 8.34. The minimum Gasteiger partial charge on any atom is -0.381 e. The number of benzene rings is 1. The third-order valence-electron chi connectivity index (χ3n) is 3.01. The normalized spacial score (nSPS) is 21.6. The van der Waals surface area contributed by atoms with Crippen LogP contribution in [0.5, 0.6) is 0 Å². The first kappa shape index (κ1) is 12.4. The first-order valence-electron chi connectivity index (χ1n) is 5.73. The van der Waals surface area contributed by atoms with Crippen molar-refractivity contribution in [2.75, 3.05) is 24.7 Å². The topological polar surface area (TPSA) is 49.4 Å². The summed E-state index contributed by atoms with van der Waals surface area (Å²) in [5.41, 5.74) is 2.26. The molecule has 4 nitrogen and oxygen atoms in total. The van der Waals surface area contributed by atoms with E-state index in [0.29, 0.717) is 13.1 Å². The van der Waals surface area contributed by atoms with Gasteiger partial charge in [-0.25, -0.2) is 12.7 Å². The molecule has 1 fully saturated rings. The third kappa shape index (κ3) is 3.20. The number of anilines is 1. The van der Waals surface area contributed by atoms with E-state index in [-0.39, 0.29) is 6.04 Å². The lowest BCUT2D eigenvalue weighted by Crippen LogP contribution is -2.30. The Morgan fingerprint density at radius 2 is 2.18 bits per heavy atom. The fourth-order valence-corrected chi connectivity index (χ4v) is 3.01. The van der Waals surface area contributed by atoms with Gasteiger partial charge in [-0.1, -0.05) is 12.1 Å². The van der Waals surface area contributed by atoms with Gasteiger partial charge in [-0.15, -0.1) is 0 Å². The quantitative estimate of drug-likeness (QED) is 0.888. The smallest absolute Gasteiger partial charge is 0.211 e. The molecule has 0 aromatic heterocycles. The number of sulfonamides is 1. The third-order valence-corrected chi connectivity index (χ3v) is 4.28. The zero-order valence-electron chi connectivity index (χ0n) is 10.2. The summed E-state index contributed by atoms with van der Waals surface area (Å²) >= 11 is 0. The van der Waals surface area contributed by atoms with Gasteiger partial charge in [0.1, 0.15) is 0 Å². The summed E-state index contributed by atoms with van der Waals surface area (Å²) in [5, 5.41) is 3.38. The van der Waals surface area contributed by atoms with Crippen LogP contribution < -0.4 is 5.32 Å². The van der Waals surface area contributed by atoms with Crippen molar-refractivity contribution in [3.8, 4) is 0 Å². The van der Waals surface area contributed by atoms with Gasteiger partial charge in [-0.3, -0.25) is 0 Å². The van der Waals surface area contributed by atoms with Gasteiger partial charge in [-0.2, -0.15) is 0 Å². The summed E-state index contributed by atoms with van der Waals surface area (Å²) < 4.78 is 24.3. The SMILES string of the molecule is Cc1cccc(NC2CCN(S(C)(=O)=O)C2)c1. The second-order valence-electron chi connectivity index (χ2n) is 4.62. The summed E-state index contributed by atoms with van der Waals surface area (Å²) in [7, 11) is -3.04. The van der Waals surface area contributed by atoms with Crippen LogP contribution in [0.2, 0.25) is 0 Å². The van der Waals surface area contributed by atoms with Crippen LogP contribution in [0.25, 0.3) is 0 Å². The highest BCUT2D eigenvalue weighted by molar-refractivity contribution is 7.88. The predicted molar refractivity (Wildman–Crippen MR) is 69.6 cm³/mol. The van der Waals surface area contributed by atoms with Gasteiger partial charge in [-0.05, 0) is 31.0 Å². The average Bonchev–Trinajstić information content (AvgIpc) is 2.65. The van der Waals surface area contributed by atoms with Gasteiger partial charge in [0.15, 0.2) is 0 Å². The second-order valence-corrected chi connectivity index (χ2v) is 6.60. The molecule has 17 heavy (non-hydrogen) atoms. The highest BCUT2D eigenvalue weighted by Gasteiger charge is 2.28. The Morgan fingerprint density at radius 1 is 1.41 bits per heavy atom. The molecule has 1 atom stereocenters. The van der Waals surface area contributed by atoms with Gasteiger partial charge >= 0.3 is 0 Å². The van der Waals surface area contributed by atoms with Gasteiger partial charge < -0.3 is 5.32 Å². The van der Waals surface area contributed by atoms with Crippen LogP contribution in [0.1, 0.15) is 12.0 Å². The molecule has 5 heteroatoms. The number of nitrogens with zero attached hydrogens (tertiary/aromatic N) is 1. The summed E-state index contributed by atoms with van der Waals surface area (Å²) in [6.45, 7) is 3.22. The minimum absolute atomic E-state index is 0.214. The Kier molecular flexibility index (Phi) is 3.40. The highest BCUT2D eigenvalue weighted by Crippen LogP contribution is 2.18. The van der Waals surface area contributed by atoms with Gasteiger partial charge in [0, 0.05) is 24.8 Å². The number of rotatable bonds is 3. The molecule has 1 saturated heterocycles. The lowest BCUT2D eigenvalue weighted by atomic mass is 10.2. The standard InChI is InChI=1S/C12H18N2O2S/c1-10-4-3-5-11(8-10)13-12-6-7-14(9-12)17(2,15)16/h3-5,8,12-13H,6-7,9H2,1-2H3. The molecule has 1 heterocycles. The zero-order valence-corrected chi connectivity index (χ0v) is 11.0. The van der Waals surface area contributed by atoms with E-state index in [9.17, 15) is 8.42 Å². The maximum Gasteiger partial charge on any atom is 0.211 e. The van der Waals surface area contributed by atoms with E-state index >= 15 is 0 Å². The van der Waals surface area contributed by atoms with Crippen LogP contribution in [-0.4, -0.2) is 38.1 Å². The number of hydrogen-bond donors (Lipinski definition) is 1. The van der Waals surface area contributed by atoms with E-state index < -0.39 is 10.0 Å². The molecule has 0 bridgehead atoms. The van der Waals surface area contributed by atoms with Crippen molar-refractivity contribution in [1.82, 2.24) is 4.31 Å². The Balaban J connectivity index is 1.99. The van der Waals surface area contributed by atoms with E-state index in [1.54, 1.807) is 0 Å². The lowest BCUT2D eigenvalue weighted by Gasteiger charge is -2.15. The monoisotopic (exact) mass is 254 g/mol. The van der Waals surface area contributed by atoms with E-state index in [0.717, 1.165) is 12.1 Å². The van der Waals surface area contributed by atoms with Crippen molar-refractivity contribution < 1.29 is 8.42 Å². The lowest BCUT2D eigenvalue weighted by molar-refractivity contribution is 0.480. The molecule has 1 aliphatic heterocycles. The van der Waals surface area contributed by atoms with Crippen LogP contribution in [0.3, 0.4) is 0 Å². The molecule has 0 saturated carbocycles. The van der Waals surface area contributed by atoms with Gasteiger partial charge in [0.2, 0.25) is 10.0 Å². The Labute approximate surface area is 103 Å². The first-order valence-corrected chi connectivity index (χ1v) is 7.58. The fraction of sp³-hybridized carbons (Fsp3) is 0.500. The second kappa shape index (κ2) is 4.66. The Bertz CT molecular complexity index is 499. The Hall–Kier alpha value is -1.07. The molecule has 1 aromatic rings. The molecule has 1 N–H and O–H groups in total. The molecule has 0 spiro atoms. The predicted octanol–water partition coefficient (Wildman–Crippen LogP) is 1.44. The molecule has 0 aliphatic carbocycles. The van der Waals surface area contributed by atoms with Crippen molar-refractivity contribution in [2.24, 2.45) is 0 Å². The number of aryl methyl sites for hydroxylation is 1. The van der Waals surface area contributed by atoms with Crippen LogP contribution in [0.15, 0.2) is 24.3 Å². The molecular weight excluding hydrogens is 236 g/mol. The molecule has 1 unspecified atom stereocenters. The highest BCUT2D eigenvalue weighted by atomic mass is 32.2. The van der Waals surface area contributed by atoms with E-state index in [2.05, 4.69) is 11.4 Å². The van der Waals surface area contributed by atoms with Crippen molar-refractivity contribution in [1.29, 1.82) is 0 Å². The number of hydrogen-bond acceptors (Lipinski definition) is 3. The maximum absolute atomic E-state index is 11.4. The van der Waals surface area contributed by atoms with Crippen molar-refractivity contribution in [3.63, 3.8) is 0 Å². The van der Waals surface area contributed by atoms with Crippen LogP contribution >= 0.6 is 0 Å². The largest absolute Gasteiger partial charge is 0.381 e. The summed E-state index contributed by atoms with van der Waals surface area (Å²) in [6.07, 6.45) is 2.13. The van der Waals surface area contributed by atoms with E-state index in [4.69, 9.17) is 0 Å². The summed E-state index contributed by atoms with van der Waals surface area (Å²) in [5.74, 6) is 0. The Morgan fingerprint density at radius 3 is 2.76 bits per heavy atom. The van der Waals surface area contributed by atoms with Gasteiger partial charge in [0.05, 0.1) is 6.26 Å². The molecule has 94 valence electrons. The molecule has 0 amide bonds. The van der Waals surface area contributed by atoms with Crippen molar-refractivity contribution >= 4 is 15.7 Å². The van der Waals surface area contributed by atoms with Gasteiger partial charge in [0.25, 0.3) is 0 Å². The fourth-order valence-electron chi connectivity index (χ4n) is 2.12. The molecule has 1 aromatic carbocycles. The molecule has 2 rings (SSSR count). The number of nitrogens with one attached hydrogen (secondary N) is 1. The van der Waals surface area contributed by atoms with Crippen LogP contribution in [-0.2, 0) is 10.0 Å². The van der Waals surface area contributed by atoms with Crippen molar-refractivity contribution in [3.05, 3.63) is 29.8 Å².